The molecule has 3 nitrogen and oxygen atoms in total. The Balaban J connectivity index is 1.52. The van der Waals surface area contributed by atoms with Gasteiger partial charge in [0.05, 0.1) is 11.2 Å². The van der Waals surface area contributed by atoms with Gasteiger partial charge in [0.25, 0.3) is 0 Å². The smallest absolute Gasteiger partial charge is 0.121 e. The number of aromatic amines is 1. The van der Waals surface area contributed by atoms with Crippen LogP contribution in [0.15, 0.2) is 48.5 Å². The van der Waals surface area contributed by atoms with Crippen LogP contribution in [0.25, 0.3) is 10.9 Å². The number of hydrogen-bond donors (Lipinski definition) is 1. The molecule has 3 heteroatoms. The van der Waals surface area contributed by atoms with E-state index in [2.05, 4.69) is 40.5 Å². The average Bonchev–Trinajstić information content (AvgIpc) is 3.05. The van der Waals surface area contributed by atoms with Gasteiger partial charge in [-0.1, -0.05) is 49.6 Å². The fraction of sp³-hybridized carbons (Fsp3) is 0.350. The van der Waals surface area contributed by atoms with Crippen LogP contribution in [0.4, 0.5) is 0 Å². The van der Waals surface area contributed by atoms with Gasteiger partial charge in [-0.2, -0.15) is 5.10 Å². The zero-order chi connectivity index (χ0) is 15.5. The van der Waals surface area contributed by atoms with Crippen LogP contribution in [0.5, 0.6) is 5.75 Å². The van der Waals surface area contributed by atoms with Gasteiger partial charge in [0.15, 0.2) is 0 Å². The number of hydrogen-bond acceptors (Lipinski definition) is 2. The molecule has 0 atom stereocenters. The van der Waals surface area contributed by atoms with E-state index < -0.39 is 0 Å². The van der Waals surface area contributed by atoms with Gasteiger partial charge >= 0.3 is 0 Å². The highest BCUT2D eigenvalue weighted by Crippen LogP contribution is 2.35. The molecule has 3 aromatic rings. The number of ether oxygens (including phenoxy) is 1. The highest BCUT2D eigenvalue weighted by atomic mass is 16.5. The third kappa shape index (κ3) is 3.09. The van der Waals surface area contributed by atoms with Crippen molar-refractivity contribution in [2.45, 2.75) is 44.6 Å². The number of aromatic nitrogens is 2. The maximum atomic E-state index is 5.91. The summed E-state index contributed by atoms with van der Waals surface area (Å²) in [6, 6.07) is 16.5. The van der Waals surface area contributed by atoms with Crippen LogP contribution in [0.1, 0.15) is 49.3 Å². The first-order chi connectivity index (χ1) is 11.4. The first-order valence-corrected chi connectivity index (χ1v) is 8.55. The molecule has 0 spiro atoms. The minimum absolute atomic E-state index is 0.593. The van der Waals surface area contributed by atoms with E-state index in [-0.39, 0.29) is 0 Å². The zero-order valence-electron chi connectivity index (χ0n) is 13.3. The number of rotatable bonds is 4. The van der Waals surface area contributed by atoms with Gasteiger partial charge in [-0.15, -0.1) is 0 Å². The number of benzene rings is 2. The standard InChI is InChI=1S/C20H22N2O/c1-3-7-15(8-4-1)14-23-17-11-12-18-19(13-17)21-22-20(18)16-9-5-2-6-10-16/h1,3-4,7-8,11-13,16H,2,5-6,9-10,14H2,(H,21,22). The molecule has 1 aliphatic rings. The lowest BCUT2D eigenvalue weighted by molar-refractivity contribution is 0.306. The Kier molecular flexibility index (Phi) is 4.01. The number of nitrogens with zero attached hydrogens (tertiary/aromatic N) is 1. The van der Waals surface area contributed by atoms with E-state index in [9.17, 15) is 0 Å². The minimum atomic E-state index is 0.593. The molecule has 0 radical (unpaired) electrons. The lowest BCUT2D eigenvalue weighted by Gasteiger charge is -2.19. The topological polar surface area (TPSA) is 37.9 Å². The van der Waals surface area contributed by atoms with Crippen molar-refractivity contribution in [3.63, 3.8) is 0 Å². The molecule has 1 aliphatic carbocycles. The lowest BCUT2D eigenvalue weighted by atomic mass is 9.86. The molecule has 1 saturated carbocycles. The normalized spacial score (nSPS) is 15.8. The van der Waals surface area contributed by atoms with Gasteiger partial charge in [-0.05, 0) is 30.5 Å². The van der Waals surface area contributed by atoms with Crippen LogP contribution in [0.3, 0.4) is 0 Å². The summed E-state index contributed by atoms with van der Waals surface area (Å²) in [5.41, 5.74) is 3.51. The van der Waals surface area contributed by atoms with Gasteiger partial charge < -0.3 is 4.74 Å². The highest BCUT2D eigenvalue weighted by molar-refractivity contribution is 5.83. The molecular weight excluding hydrogens is 284 g/mol. The Morgan fingerprint density at radius 2 is 1.83 bits per heavy atom. The molecule has 0 bridgehead atoms. The molecule has 1 fully saturated rings. The molecular formula is C20H22N2O. The Bertz CT molecular complexity index is 773. The first-order valence-electron chi connectivity index (χ1n) is 8.55. The fourth-order valence-corrected chi connectivity index (χ4v) is 3.54. The third-order valence-electron chi connectivity index (χ3n) is 4.80. The van der Waals surface area contributed by atoms with E-state index in [1.807, 2.05) is 18.2 Å². The maximum absolute atomic E-state index is 5.91. The van der Waals surface area contributed by atoms with Gasteiger partial charge in [0, 0.05) is 17.4 Å². The molecule has 0 amide bonds. The van der Waals surface area contributed by atoms with Gasteiger partial charge in [-0.25, -0.2) is 0 Å². The minimum Gasteiger partial charge on any atom is -0.489 e. The molecule has 0 unspecified atom stereocenters. The van der Waals surface area contributed by atoms with Crippen molar-refractivity contribution in [3.8, 4) is 5.75 Å². The number of H-pyrrole nitrogens is 1. The predicted octanol–water partition coefficient (Wildman–Crippen LogP) is 5.19. The molecule has 0 saturated heterocycles. The van der Waals surface area contributed by atoms with E-state index >= 15 is 0 Å². The van der Waals surface area contributed by atoms with E-state index in [4.69, 9.17) is 4.74 Å². The summed E-state index contributed by atoms with van der Waals surface area (Å²) < 4.78 is 5.91. The van der Waals surface area contributed by atoms with Crippen molar-refractivity contribution in [2.75, 3.05) is 0 Å². The SMILES string of the molecule is c1ccc(COc2ccc3c(C4CCCCC4)n[nH]c3c2)cc1. The molecule has 2 aromatic carbocycles. The monoisotopic (exact) mass is 306 g/mol. The molecule has 118 valence electrons. The van der Waals surface area contributed by atoms with Crippen LogP contribution >= 0.6 is 0 Å². The van der Waals surface area contributed by atoms with Gasteiger partial charge in [-0.3, -0.25) is 5.10 Å². The summed E-state index contributed by atoms with van der Waals surface area (Å²) in [4.78, 5) is 0. The van der Waals surface area contributed by atoms with Crippen molar-refractivity contribution in [3.05, 3.63) is 59.8 Å². The van der Waals surface area contributed by atoms with Crippen LogP contribution in [-0.2, 0) is 6.61 Å². The first kappa shape index (κ1) is 14.3. The summed E-state index contributed by atoms with van der Waals surface area (Å²) in [6.45, 7) is 0.593. The molecule has 1 aromatic heterocycles. The van der Waals surface area contributed by atoms with Gasteiger partial charge in [0.1, 0.15) is 12.4 Å². The quantitative estimate of drug-likeness (QED) is 0.720. The lowest BCUT2D eigenvalue weighted by Crippen LogP contribution is -2.05. The van der Waals surface area contributed by atoms with Crippen LogP contribution < -0.4 is 4.74 Å². The Morgan fingerprint density at radius 3 is 2.65 bits per heavy atom. The second kappa shape index (κ2) is 6.45. The highest BCUT2D eigenvalue weighted by Gasteiger charge is 2.20. The second-order valence-electron chi connectivity index (χ2n) is 6.43. The number of fused-ring (bicyclic) bond motifs is 1. The number of nitrogens with one attached hydrogen (secondary N) is 1. The summed E-state index contributed by atoms with van der Waals surface area (Å²) in [6.07, 6.45) is 6.57. The Morgan fingerprint density at radius 1 is 1.00 bits per heavy atom. The predicted molar refractivity (Wildman–Crippen MR) is 92.7 cm³/mol. The fourth-order valence-electron chi connectivity index (χ4n) is 3.54. The Labute approximate surface area is 136 Å². The van der Waals surface area contributed by atoms with E-state index in [0.29, 0.717) is 12.5 Å². The second-order valence-corrected chi connectivity index (χ2v) is 6.43. The maximum Gasteiger partial charge on any atom is 0.121 e. The molecule has 4 rings (SSSR count). The summed E-state index contributed by atoms with van der Waals surface area (Å²) in [5, 5.41) is 9.05. The van der Waals surface area contributed by atoms with E-state index in [1.165, 1.54) is 48.7 Å². The summed E-state index contributed by atoms with van der Waals surface area (Å²) in [5.74, 6) is 1.51. The van der Waals surface area contributed by atoms with Crippen molar-refractivity contribution < 1.29 is 4.74 Å². The summed E-state index contributed by atoms with van der Waals surface area (Å²) >= 11 is 0. The average molecular weight is 306 g/mol. The van der Waals surface area contributed by atoms with Crippen LogP contribution in [-0.4, -0.2) is 10.2 Å². The molecule has 0 aliphatic heterocycles. The zero-order valence-corrected chi connectivity index (χ0v) is 13.3. The van der Waals surface area contributed by atoms with Crippen LogP contribution in [0.2, 0.25) is 0 Å². The van der Waals surface area contributed by atoms with Crippen molar-refractivity contribution >= 4 is 10.9 Å². The Hall–Kier alpha value is -2.29. The van der Waals surface area contributed by atoms with Crippen molar-refractivity contribution in [2.24, 2.45) is 0 Å². The van der Waals surface area contributed by atoms with Crippen molar-refractivity contribution in [1.82, 2.24) is 10.2 Å². The van der Waals surface area contributed by atoms with Crippen molar-refractivity contribution in [1.29, 1.82) is 0 Å². The largest absolute Gasteiger partial charge is 0.489 e. The van der Waals surface area contributed by atoms with E-state index in [1.54, 1.807) is 0 Å². The van der Waals surface area contributed by atoms with Crippen LogP contribution in [0, 0.1) is 0 Å². The molecule has 23 heavy (non-hydrogen) atoms. The molecule has 1 N–H and O–H groups in total. The summed E-state index contributed by atoms with van der Waals surface area (Å²) in [7, 11) is 0. The molecule has 1 heterocycles. The third-order valence-corrected chi connectivity index (χ3v) is 4.80. The van der Waals surface area contributed by atoms with E-state index in [0.717, 1.165) is 11.3 Å². The van der Waals surface area contributed by atoms with Gasteiger partial charge in [0.2, 0.25) is 0 Å².